The molecule has 14 heteroatoms. The van der Waals surface area contributed by atoms with E-state index in [1.165, 1.54) is 16.7 Å². The van der Waals surface area contributed by atoms with Crippen LogP contribution in [0.25, 0.3) is 28.0 Å². The SMILES string of the molecule is C=CC(=O)N1CCN(c2c(C#N)c(=O)n(-c3c(C)ccnc3C(C)C)c3nc(-c4c(O)c(Cl)c(Cl)c(F)c4F)c(Cl)cc23)C[C@H]1C. The number of carbonyl (C=O) groups excluding carboxylic acids is 1. The van der Waals surface area contributed by atoms with Gasteiger partial charge in [0.2, 0.25) is 5.91 Å². The van der Waals surface area contributed by atoms with E-state index in [0.29, 0.717) is 16.9 Å². The quantitative estimate of drug-likeness (QED) is 0.138. The summed E-state index contributed by atoms with van der Waals surface area (Å²) in [7, 11) is 0. The number of hydrogen-bond acceptors (Lipinski definition) is 7. The Hall–Kier alpha value is -4.24. The average Bonchev–Trinajstić information content (AvgIpc) is 3.02. The molecule has 238 valence electrons. The number of anilines is 1. The Kier molecular flexibility index (Phi) is 9.01. The Morgan fingerprint density at radius 1 is 1.20 bits per heavy atom. The highest BCUT2D eigenvalue weighted by atomic mass is 35.5. The predicted molar refractivity (Wildman–Crippen MR) is 174 cm³/mol. The van der Waals surface area contributed by atoms with E-state index >= 15 is 4.39 Å². The average molecular weight is 688 g/mol. The number of halogens is 5. The molecular weight excluding hydrogens is 661 g/mol. The van der Waals surface area contributed by atoms with Crippen molar-refractivity contribution in [2.75, 3.05) is 24.5 Å². The second kappa shape index (κ2) is 12.5. The Bertz CT molecular complexity index is 2030. The first kappa shape index (κ1) is 33.1. The van der Waals surface area contributed by atoms with Crippen molar-refractivity contribution in [3.63, 3.8) is 0 Å². The highest BCUT2D eigenvalue weighted by molar-refractivity contribution is 6.43. The van der Waals surface area contributed by atoms with Gasteiger partial charge in [-0.25, -0.2) is 13.8 Å². The van der Waals surface area contributed by atoms with E-state index in [0.717, 1.165) is 0 Å². The summed E-state index contributed by atoms with van der Waals surface area (Å²) in [5.41, 5.74) is -0.541. The number of aryl methyl sites for hydroxylation is 1. The summed E-state index contributed by atoms with van der Waals surface area (Å²) in [6.07, 6.45) is 2.81. The lowest BCUT2D eigenvalue weighted by atomic mass is 10.0. The first-order valence-electron chi connectivity index (χ1n) is 14.1. The smallest absolute Gasteiger partial charge is 0.276 e. The van der Waals surface area contributed by atoms with Gasteiger partial charge in [0.05, 0.1) is 33.3 Å². The summed E-state index contributed by atoms with van der Waals surface area (Å²) >= 11 is 18.5. The van der Waals surface area contributed by atoms with Gasteiger partial charge in [0.1, 0.15) is 33.1 Å². The molecule has 4 aromatic rings. The van der Waals surface area contributed by atoms with Crippen LogP contribution in [0.1, 0.15) is 43.5 Å². The van der Waals surface area contributed by atoms with Crippen LogP contribution >= 0.6 is 34.8 Å². The molecule has 46 heavy (non-hydrogen) atoms. The number of amides is 1. The molecule has 3 aromatic heterocycles. The van der Waals surface area contributed by atoms with Gasteiger partial charge < -0.3 is 14.9 Å². The number of hydrogen-bond donors (Lipinski definition) is 1. The lowest BCUT2D eigenvalue weighted by Crippen LogP contribution is -2.54. The number of rotatable bonds is 5. The van der Waals surface area contributed by atoms with Gasteiger partial charge in [0, 0.05) is 37.3 Å². The summed E-state index contributed by atoms with van der Waals surface area (Å²) in [5, 5.41) is 19.7. The molecule has 0 saturated carbocycles. The van der Waals surface area contributed by atoms with E-state index in [1.54, 1.807) is 29.0 Å². The Labute approximate surface area is 277 Å². The monoisotopic (exact) mass is 686 g/mol. The third-order valence-corrected chi connectivity index (χ3v) is 9.10. The molecule has 0 aliphatic carbocycles. The van der Waals surface area contributed by atoms with Crippen LogP contribution in [0, 0.1) is 29.9 Å². The van der Waals surface area contributed by atoms with Gasteiger partial charge in [0.15, 0.2) is 11.6 Å². The minimum Gasteiger partial charge on any atom is -0.506 e. The third-order valence-electron chi connectivity index (χ3n) is 7.99. The van der Waals surface area contributed by atoms with Gasteiger partial charge >= 0.3 is 0 Å². The van der Waals surface area contributed by atoms with Crippen LogP contribution in [0.4, 0.5) is 14.5 Å². The van der Waals surface area contributed by atoms with Gasteiger partial charge in [-0.1, -0.05) is 55.2 Å². The molecule has 0 radical (unpaired) electrons. The van der Waals surface area contributed by atoms with E-state index in [-0.39, 0.29) is 64.8 Å². The van der Waals surface area contributed by atoms with Crippen LogP contribution in [0.3, 0.4) is 0 Å². The van der Waals surface area contributed by atoms with Crippen LogP contribution < -0.4 is 10.5 Å². The molecule has 5 rings (SSSR count). The number of phenolic OH excluding ortho intramolecular Hbond substituents is 1. The number of aromatic nitrogens is 3. The number of pyridine rings is 3. The minimum atomic E-state index is -1.55. The molecule has 1 saturated heterocycles. The number of nitrogens with zero attached hydrogens (tertiary/aromatic N) is 6. The first-order valence-corrected chi connectivity index (χ1v) is 15.3. The van der Waals surface area contributed by atoms with Crippen molar-refractivity contribution >= 4 is 57.4 Å². The summed E-state index contributed by atoms with van der Waals surface area (Å²) in [5.74, 6) is -4.43. The molecule has 1 aliphatic heterocycles. The standard InChI is InChI=1S/C32H27Cl3F2N6O3/c1-6-20(44)42-10-9-41(13-16(42)5)29-17-11-19(33)27(21-24(36)25(37)22(34)23(35)30(21)45)40-31(17)43(32(46)18(29)12-38)28-15(4)7-8-39-26(28)14(2)3/h6-8,11,14,16,45H,1,9-10,13H2,2-5H3/t16-/m1/s1. The van der Waals surface area contributed by atoms with Crippen molar-refractivity contribution in [2.24, 2.45) is 0 Å². The van der Waals surface area contributed by atoms with Crippen LogP contribution in [0.15, 0.2) is 35.8 Å². The number of piperazine rings is 1. The molecule has 1 atom stereocenters. The van der Waals surface area contributed by atoms with Crippen LogP contribution in [-0.4, -0.2) is 56.1 Å². The highest BCUT2D eigenvalue weighted by Gasteiger charge is 2.33. The number of carbonyl (C=O) groups is 1. The molecule has 1 N–H and O–H groups in total. The van der Waals surface area contributed by atoms with Crippen LogP contribution in [-0.2, 0) is 4.79 Å². The molecular formula is C32H27Cl3F2N6O3. The van der Waals surface area contributed by atoms with Crippen molar-refractivity contribution in [2.45, 2.75) is 39.7 Å². The number of phenols is 1. The van der Waals surface area contributed by atoms with E-state index in [9.17, 15) is 24.3 Å². The van der Waals surface area contributed by atoms with Gasteiger partial charge in [-0.05, 0) is 43.5 Å². The van der Waals surface area contributed by atoms with Gasteiger partial charge in [-0.15, -0.1) is 0 Å². The largest absolute Gasteiger partial charge is 0.506 e. The van der Waals surface area contributed by atoms with Crippen molar-refractivity contribution in [3.8, 4) is 28.8 Å². The van der Waals surface area contributed by atoms with E-state index in [2.05, 4.69) is 22.6 Å². The third kappa shape index (κ3) is 5.24. The second-order valence-electron chi connectivity index (χ2n) is 11.2. The summed E-state index contributed by atoms with van der Waals surface area (Å²) in [6, 6.07) is 4.78. The summed E-state index contributed by atoms with van der Waals surface area (Å²) < 4.78 is 31.4. The van der Waals surface area contributed by atoms with Crippen LogP contribution in [0.2, 0.25) is 15.1 Å². The zero-order valence-electron chi connectivity index (χ0n) is 25.1. The lowest BCUT2D eigenvalue weighted by molar-refractivity contribution is -0.128. The van der Waals surface area contributed by atoms with Crippen molar-refractivity contribution in [1.82, 2.24) is 19.4 Å². The molecule has 0 spiro atoms. The molecule has 1 fully saturated rings. The molecule has 4 heterocycles. The maximum atomic E-state index is 15.4. The highest BCUT2D eigenvalue weighted by Crippen LogP contribution is 2.46. The fourth-order valence-electron chi connectivity index (χ4n) is 5.81. The normalized spacial score (nSPS) is 15.0. The molecule has 0 bridgehead atoms. The number of fused-ring (bicyclic) bond motifs is 1. The van der Waals surface area contributed by atoms with Crippen molar-refractivity contribution in [3.05, 3.63) is 84.9 Å². The second-order valence-corrected chi connectivity index (χ2v) is 12.4. The van der Waals surface area contributed by atoms with Crippen LogP contribution in [0.5, 0.6) is 5.75 Å². The van der Waals surface area contributed by atoms with Gasteiger partial charge in [-0.3, -0.25) is 19.1 Å². The summed E-state index contributed by atoms with van der Waals surface area (Å²) in [4.78, 5) is 39.4. The molecule has 1 aromatic carbocycles. The Balaban J connectivity index is 1.94. The lowest BCUT2D eigenvalue weighted by Gasteiger charge is -2.41. The summed E-state index contributed by atoms with van der Waals surface area (Å²) in [6.45, 7) is 11.7. The maximum Gasteiger partial charge on any atom is 0.276 e. The zero-order valence-corrected chi connectivity index (χ0v) is 27.4. The topological polar surface area (TPSA) is 115 Å². The van der Waals surface area contributed by atoms with Gasteiger partial charge in [0.25, 0.3) is 5.56 Å². The maximum absolute atomic E-state index is 15.4. The first-order chi connectivity index (χ1) is 21.7. The number of aromatic hydroxyl groups is 1. The number of benzene rings is 1. The fourth-order valence-corrected chi connectivity index (χ4v) is 6.40. The Morgan fingerprint density at radius 3 is 2.50 bits per heavy atom. The Morgan fingerprint density at radius 2 is 1.89 bits per heavy atom. The zero-order chi connectivity index (χ0) is 33.8. The van der Waals surface area contributed by atoms with E-state index < -0.39 is 44.2 Å². The van der Waals surface area contributed by atoms with E-state index in [1.807, 2.05) is 20.8 Å². The molecule has 0 unspecified atom stereocenters. The molecule has 1 amide bonds. The molecule has 9 nitrogen and oxygen atoms in total. The number of nitriles is 1. The molecule has 1 aliphatic rings. The van der Waals surface area contributed by atoms with Crippen molar-refractivity contribution in [1.29, 1.82) is 5.26 Å². The van der Waals surface area contributed by atoms with E-state index in [4.69, 9.17) is 34.8 Å². The minimum absolute atomic E-state index is 0.0704. The van der Waals surface area contributed by atoms with Crippen molar-refractivity contribution < 1.29 is 18.7 Å². The van der Waals surface area contributed by atoms with Gasteiger partial charge in [-0.2, -0.15) is 5.26 Å². The predicted octanol–water partition coefficient (Wildman–Crippen LogP) is 6.92. The fraction of sp³-hybridized carbons (Fsp3) is 0.281.